The van der Waals surface area contributed by atoms with Crippen LogP contribution in [0.4, 0.5) is 0 Å². The van der Waals surface area contributed by atoms with Crippen molar-refractivity contribution in [2.45, 2.75) is 6.61 Å². The third-order valence-electron chi connectivity index (χ3n) is 2.11. The van der Waals surface area contributed by atoms with Crippen LogP contribution in [-0.4, -0.2) is 38.6 Å². The Hall–Kier alpha value is -0.810. The SMILES string of the molecule is COCCOCCOc1ccc(Cl)cc1CO. The smallest absolute Gasteiger partial charge is 0.125 e. The molecule has 0 unspecified atom stereocenters. The molecule has 0 aliphatic rings. The van der Waals surface area contributed by atoms with Gasteiger partial charge in [-0.2, -0.15) is 0 Å². The zero-order valence-electron chi connectivity index (χ0n) is 9.82. The van der Waals surface area contributed by atoms with Crippen molar-refractivity contribution in [1.29, 1.82) is 0 Å². The van der Waals surface area contributed by atoms with Gasteiger partial charge in [0.2, 0.25) is 0 Å². The average molecular weight is 261 g/mol. The molecule has 0 saturated carbocycles. The van der Waals surface area contributed by atoms with Gasteiger partial charge < -0.3 is 19.3 Å². The van der Waals surface area contributed by atoms with E-state index in [0.29, 0.717) is 42.8 Å². The number of methoxy groups -OCH3 is 1. The lowest BCUT2D eigenvalue weighted by Gasteiger charge is -2.10. The van der Waals surface area contributed by atoms with Crippen molar-refractivity contribution in [2.75, 3.05) is 33.5 Å². The zero-order chi connectivity index (χ0) is 12.5. The first kappa shape index (κ1) is 14.3. The quantitative estimate of drug-likeness (QED) is 0.725. The van der Waals surface area contributed by atoms with Crippen LogP contribution in [0.1, 0.15) is 5.56 Å². The molecule has 0 aliphatic carbocycles. The molecule has 0 spiro atoms. The van der Waals surface area contributed by atoms with E-state index in [1.807, 2.05) is 0 Å². The molecule has 5 heteroatoms. The summed E-state index contributed by atoms with van der Waals surface area (Å²) in [4.78, 5) is 0. The Morgan fingerprint density at radius 3 is 2.65 bits per heavy atom. The van der Waals surface area contributed by atoms with Crippen molar-refractivity contribution in [3.8, 4) is 5.75 Å². The van der Waals surface area contributed by atoms with Gasteiger partial charge in [0, 0.05) is 17.7 Å². The van der Waals surface area contributed by atoms with E-state index in [9.17, 15) is 0 Å². The van der Waals surface area contributed by atoms with Gasteiger partial charge in [0.15, 0.2) is 0 Å². The van der Waals surface area contributed by atoms with Crippen LogP contribution in [0.15, 0.2) is 18.2 Å². The van der Waals surface area contributed by atoms with Crippen LogP contribution in [0.3, 0.4) is 0 Å². The number of benzene rings is 1. The molecule has 0 aromatic heterocycles. The molecule has 0 fully saturated rings. The summed E-state index contributed by atoms with van der Waals surface area (Å²) in [5.74, 6) is 0.632. The molecule has 0 bridgehead atoms. The number of rotatable bonds is 8. The summed E-state index contributed by atoms with van der Waals surface area (Å²) in [6.45, 7) is 1.94. The number of ether oxygens (including phenoxy) is 3. The lowest BCUT2D eigenvalue weighted by molar-refractivity contribution is 0.0540. The summed E-state index contributed by atoms with van der Waals surface area (Å²) in [6, 6.07) is 5.15. The molecule has 0 radical (unpaired) electrons. The van der Waals surface area contributed by atoms with Crippen molar-refractivity contribution in [3.05, 3.63) is 28.8 Å². The molecule has 0 saturated heterocycles. The highest BCUT2D eigenvalue weighted by Crippen LogP contribution is 2.22. The van der Waals surface area contributed by atoms with Crippen molar-refractivity contribution >= 4 is 11.6 Å². The predicted molar refractivity (Wildman–Crippen MR) is 65.6 cm³/mol. The predicted octanol–water partition coefficient (Wildman–Crippen LogP) is 1.87. The van der Waals surface area contributed by atoms with Crippen LogP contribution in [0.5, 0.6) is 5.75 Å². The second-order valence-electron chi connectivity index (χ2n) is 3.36. The van der Waals surface area contributed by atoms with E-state index in [0.717, 1.165) is 0 Å². The van der Waals surface area contributed by atoms with Gasteiger partial charge in [-0.1, -0.05) is 11.6 Å². The summed E-state index contributed by atoms with van der Waals surface area (Å²) in [5.41, 5.74) is 0.675. The van der Waals surface area contributed by atoms with Gasteiger partial charge in [0.1, 0.15) is 12.4 Å². The highest BCUT2D eigenvalue weighted by Gasteiger charge is 2.03. The highest BCUT2D eigenvalue weighted by molar-refractivity contribution is 6.30. The van der Waals surface area contributed by atoms with Crippen LogP contribution >= 0.6 is 11.6 Å². The third-order valence-corrected chi connectivity index (χ3v) is 2.35. The molecular weight excluding hydrogens is 244 g/mol. The zero-order valence-corrected chi connectivity index (χ0v) is 10.6. The molecule has 17 heavy (non-hydrogen) atoms. The van der Waals surface area contributed by atoms with Crippen LogP contribution in [0, 0.1) is 0 Å². The molecular formula is C12H17ClO4. The van der Waals surface area contributed by atoms with Crippen molar-refractivity contribution in [2.24, 2.45) is 0 Å². The number of hydrogen-bond donors (Lipinski definition) is 1. The fourth-order valence-electron chi connectivity index (χ4n) is 1.27. The molecule has 96 valence electrons. The Kier molecular flexibility index (Phi) is 6.96. The Morgan fingerprint density at radius 2 is 1.94 bits per heavy atom. The topological polar surface area (TPSA) is 47.9 Å². The van der Waals surface area contributed by atoms with E-state index in [1.165, 1.54) is 0 Å². The van der Waals surface area contributed by atoms with E-state index in [4.69, 9.17) is 30.9 Å². The van der Waals surface area contributed by atoms with Crippen LogP contribution in [0.2, 0.25) is 5.02 Å². The minimum atomic E-state index is -0.0968. The van der Waals surface area contributed by atoms with Gasteiger partial charge in [0.05, 0.1) is 26.4 Å². The lowest BCUT2D eigenvalue weighted by atomic mass is 10.2. The second kappa shape index (κ2) is 8.31. The van der Waals surface area contributed by atoms with Crippen LogP contribution < -0.4 is 4.74 Å². The normalized spacial score (nSPS) is 10.5. The minimum absolute atomic E-state index is 0.0968. The van der Waals surface area contributed by atoms with Gasteiger partial charge in [-0.15, -0.1) is 0 Å². The van der Waals surface area contributed by atoms with Gasteiger partial charge in [-0.05, 0) is 18.2 Å². The summed E-state index contributed by atoms with van der Waals surface area (Å²) >= 11 is 5.81. The van der Waals surface area contributed by atoms with Gasteiger partial charge in [-0.3, -0.25) is 0 Å². The minimum Gasteiger partial charge on any atom is -0.491 e. The number of aliphatic hydroxyl groups is 1. The Labute approximate surface area is 106 Å². The monoisotopic (exact) mass is 260 g/mol. The second-order valence-corrected chi connectivity index (χ2v) is 3.80. The molecule has 0 atom stereocenters. The Bertz CT molecular complexity index is 330. The molecule has 1 aromatic rings. The first-order chi connectivity index (χ1) is 8.27. The summed E-state index contributed by atoms with van der Waals surface area (Å²) in [7, 11) is 1.63. The van der Waals surface area contributed by atoms with E-state index in [-0.39, 0.29) is 6.61 Å². The summed E-state index contributed by atoms with van der Waals surface area (Å²) in [5, 5.41) is 9.71. The summed E-state index contributed by atoms with van der Waals surface area (Å²) < 4.78 is 15.6. The Balaban J connectivity index is 2.31. The first-order valence-electron chi connectivity index (χ1n) is 5.36. The van der Waals surface area contributed by atoms with Crippen LogP contribution in [-0.2, 0) is 16.1 Å². The van der Waals surface area contributed by atoms with Gasteiger partial charge >= 0.3 is 0 Å². The third kappa shape index (κ3) is 5.37. The molecule has 1 rings (SSSR count). The maximum absolute atomic E-state index is 9.13. The number of aliphatic hydroxyl groups excluding tert-OH is 1. The average Bonchev–Trinajstić information content (AvgIpc) is 2.35. The van der Waals surface area contributed by atoms with E-state index in [1.54, 1.807) is 25.3 Å². The van der Waals surface area contributed by atoms with E-state index >= 15 is 0 Å². The number of hydrogen-bond acceptors (Lipinski definition) is 4. The molecule has 0 aliphatic heterocycles. The molecule has 0 amide bonds. The van der Waals surface area contributed by atoms with Crippen molar-refractivity contribution in [1.82, 2.24) is 0 Å². The maximum Gasteiger partial charge on any atom is 0.125 e. The maximum atomic E-state index is 9.13. The summed E-state index contributed by atoms with van der Waals surface area (Å²) in [6.07, 6.45) is 0. The van der Waals surface area contributed by atoms with Crippen LogP contribution in [0.25, 0.3) is 0 Å². The van der Waals surface area contributed by atoms with Gasteiger partial charge in [0.25, 0.3) is 0 Å². The van der Waals surface area contributed by atoms with E-state index < -0.39 is 0 Å². The largest absolute Gasteiger partial charge is 0.491 e. The fourth-order valence-corrected chi connectivity index (χ4v) is 1.46. The molecule has 1 aromatic carbocycles. The fraction of sp³-hybridized carbons (Fsp3) is 0.500. The van der Waals surface area contributed by atoms with Crippen molar-refractivity contribution < 1.29 is 19.3 Å². The molecule has 4 nitrogen and oxygen atoms in total. The highest BCUT2D eigenvalue weighted by atomic mass is 35.5. The molecule has 1 N–H and O–H groups in total. The van der Waals surface area contributed by atoms with E-state index in [2.05, 4.69) is 0 Å². The lowest BCUT2D eigenvalue weighted by Crippen LogP contribution is -2.10. The van der Waals surface area contributed by atoms with Crippen molar-refractivity contribution in [3.63, 3.8) is 0 Å². The Morgan fingerprint density at radius 1 is 1.18 bits per heavy atom. The van der Waals surface area contributed by atoms with Gasteiger partial charge in [-0.25, -0.2) is 0 Å². The molecule has 0 heterocycles. The number of halogens is 1. The standard InChI is InChI=1S/C12H17ClO4/c1-15-4-5-16-6-7-17-12-3-2-11(13)8-10(12)9-14/h2-3,8,14H,4-7,9H2,1H3. The first-order valence-corrected chi connectivity index (χ1v) is 5.74.